The Kier molecular flexibility index (Phi) is 7.02. The number of nitrogens with one attached hydrogen (secondary N) is 1. The molecule has 3 aromatic rings. The number of anilines is 3. The summed E-state index contributed by atoms with van der Waals surface area (Å²) in [5.41, 5.74) is 0.220. The van der Waals surface area contributed by atoms with Gasteiger partial charge in [0.15, 0.2) is 5.13 Å². The van der Waals surface area contributed by atoms with Gasteiger partial charge >= 0.3 is 0 Å². The van der Waals surface area contributed by atoms with Gasteiger partial charge in [-0.15, -0.1) is 11.3 Å². The zero-order valence-corrected chi connectivity index (χ0v) is 18.2. The van der Waals surface area contributed by atoms with E-state index in [4.69, 9.17) is 23.2 Å². The van der Waals surface area contributed by atoms with E-state index in [9.17, 15) is 19.2 Å². The number of rotatable bonds is 5. The summed E-state index contributed by atoms with van der Waals surface area (Å²) in [5, 5.41) is 14.1. The molecule has 2 amide bonds. The van der Waals surface area contributed by atoms with E-state index in [0.717, 1.165) is 16.2 Å². The third kappa shape index (κ3) is 5.09. The van der Waals surface area contributed by atoms with E-state index in [-0.39, 0.29) is 37.8 Å². The summed E-state index contributed by atoms with van der Waals surface area (Å²) in [6, 6.07) is 12.3. The number of carbonyl (C=O) groups excluding carboxylic acids is 2. The Morgan fingerprint density at radius 3 is 2.48 bits per heavy atom. The van der Waals surface area contributed by atoms with Gasteiger partial charge in [0, 0.05) is 12.3 Å². The van der Waals surface area contributed by atoms with Gasteiger partial charge in [0.1, 0.15) is 17.5 Å². The minimum Gasteiger partial charge on any atom is -0.319 e. The first-order valence-corrected chi connectivity index (χ1v) is 10.3. The molecule has 6 nitrogen and oxygen atoms in total. The van der Waals surface area contributed by atoms with Gasteiger partial charge < -0.3 is 5.32 Å². The highest BCUT2D eigenvalue weighted by Crippen LogP contribution is 2.32. The molecule has 0 radical (unpaired) electrons. The van der Waals surface area contributed by atoms with Crippen LogP contribution in [0.4, 0.5) is 20.9 Å². The number of aromatic nitrogens is 1. The van der Waals surface area contributed by atoms with E-state index < -0.39 is 17.6 Å². The fourth-order valence-electron chi connectivity index (χ4n) is 2.58. The van der Waals surface area contributed by atoms with Crippen molar-refractivity contribution in [2.24, 2.45) is 0 Å². The average Bonchev–Trinajstić information content (AvgIpc) is 3.18. The van der Waals surface area contributed by atoms with Gasteiger partial charge in [0.05, 0.1) is 27.1 Å². The Hall–Kier alpha value is -3.25. The van der Waals surface area contributed by atoms with Crippen LogP contribution in [0, 0.1) is 17.1 Å². The van der Waals surface area contributed by atoms with Crippen LogP contribution < -0.4 is 10.2 Å². The number of nitrogens with zero attached hydrogens (tertiary/aromatic N) is 3. The molecular formula is C21H13Cl2FN4O2S. The summed E-state index contributed by atoms with van der Waals surface area (Å²) in [4.78, 5) is 30.0. The molecule has 156 valence electrons. The lowest BCUT2D eigenvalue weighted by Crippen LogP contribution is -2.23. The molecule has 0 aliphatic carbocycles. The standard InChI is InChI=1S/C21H13Cl2FN4O2S/c1-12(29)28(18-8-3-2-7-17(18)24)21-26-14(11-31-21)9-13(10-25)20(30)27-19-15(22)5-4-6-16(19)23/h2-9,11H,1H3,(H,27,30)/b13-9+. The topological polar surface area (TPSA) is 86.1 Å². The molecule has 0 unspecified atom stereocenters. The SMILES string of the molecule is CC(=O)N(c1nc(/C=C(\C#N)C(=O)Nc2c(Cl)cccc2Cl)cs1)c1ccccc1F. The summed E-state index contributed by atoms with van der Waals surface area (Å²) < 4.78 is 14.2. The number of para-hydroxylation sites is 2. The van der Waals surface area contributed by atoms with Crippen LogP contribution in [0.5, 0.6) is 0 Å². The van der Waals surface area contributed by atoms with Gasteiger partial charge in [-0.1, -0.05) is 41.4 Å². The van der Waals surface area contributed by atoms with Gasteiger partial charge in [-0.25, -0.2) is 9.37 Å². The third-order valence-electron chi connectivity index (χ3n) is 3.97. The second-order valence-corrected chi connectivity index (χ2v) is 7.73. The van der Waals surface area contributed by atoms with Crippen molar-refractivity contribution < 1.29 is 14.0 Å². The van der Waals surface area contributed by atoms with Crippen molar-refractivity contribution in [2.45, 2.75) is 6.92 Å². The number of amides is 2. The Morgan fingerprint density at radius 1 is 1.19 bits per heavy atom. The minimum absolute atomic E-state index is 0.0477. The van der Waals surface area contributed by atoms with Crippen molar-refractivity contribution in [2.75, 3.05) is 10.2 Å². The monoisotopic (exact) mass is 474 g/mol. The number of carbonyl (C=O) groups is 2. The van der Waals surface area contributed by atoms with Crippen molar-refractivity contribution in [3.8, 4) is 6.07 Å². The predicted molar refractivity (Wildman–Crippen MR) is 120 cm³/mol. The number of nitriles is 1. The maximum atomic E-state index is 14.2. The van der Waals surface area contributed by atoms with E-state index in [0.29, 0.717) is 0 Å². The average molecular weight is 475 g/mol. The van der Waals surface area contributed by atoms with Crippen molar-refractivity contribution >= 4 is 68.9 Å². The molecule has 1 N–H and O–H groups in total. The Labute approximate surface area is 191 Å². The fraction of sp³-hybridized carbons (Fsp3) is 0.0476. The Morgan fingerprint density at radius 2 is 1.87 bits per heavy atom. The summed E-state index contributed by atoms with van der Waals surface area (Å²) in [6.45, 7) is 1.28. The van der Waals surface area contributed by atoms with Gasteiger partial charge in [0.25, 0.3) is 5.91 Å². The molecule has 0 bridgehead atoms. The van der Waals surface area contributed by atoms with Crippen molar-refractivity contribution in [3.05, 3.63) is 75.0 Å². The maximum Gasteiger partial charge on any atom is 0.266 e. The molecule has 10 heteroatoms. The van der Waals surface area contributed by atoms with Crippen LogP contribution in [-0.2, 0) is 9.59 Å². The Balaban J connectivity index is 1.90. The van der Waals surface area contributed by atoms with Gasteiger partial charge in [0.2, 0.25) is 5.91 Å². The summed E-state index contributed by atoms with van der Waals surface area (Å²) >= 11 is 13.1. The molecule has 0 aliphatic rings. The fourth-order valence-corrected chi connectivity index (χ4v) is 3.91. The first-order valence-electron chi connectivity index (χ1n) is 8.69. The minimum atomic E-state index is -0.732. The van der Waals surface area contributed by atoms with Crippen LogP contribution in [0.2, 0.25) is 10.0 Å². The van der Waals surface area contributed by atoms with Crippen molar-refractivity contribution in [1.29, 1.82) is 5.26 Å². The van der Waals surface area contributed by atoms with E-state index in [1.54, 1.807) is 35.7 Å². The molecule has 3 rings (SSSR count). The molecular weight excluding hydrogens is 462 g/mol. The van der Waals surface area contributed by atoms with E-state index in [2.05, 4.69) is 10.3 Å². The van der Waals surface area contributed by atoms with Crippen molar-refractivity contribution in [1.82, 2.24) is 4.98 Å². The highest BCUT2D eigenvalue weighted by molar-refractivity contribution is 7.14. The first kappa shape index (κ1) is 22.4. The molecule has 0 fully saturated rings. The van der Waals surface area contributed by atoms with Crippen LogP contribution in [0.1, 0.15) is 12.6 Å². The number of hydrogen-bond acceptors (Lipinski definition) is 5. The molecule has 1 heterocycles. The molecule has 1 aromatic heterocycles. The van der Waals surface area contributed by atoms with Crippen LogP contribution in [0.15, 0.2) is 53.4 Å². The van der Waals surface area contributed by atoms with E-state index >= 15 is 0 Å². The van der Waals surface area contributed by atoms with Gasteiger partial charge in [-0.05, 0) is 30.3 Å². The zero-order valence-electron chi connectivity index (χ0n) is 15.9. The summed E-state index contributed by atoms with van der Waals surface area (Å²) in [6.07, 6.45) is 1.25. The third-order valence-corrected chi connectivity index (χ3v) is 5.44. The first-order chi connectivity index (χ1) is 14.8. The van der Waals surface area contributed by atoms with E-state index in [1.807, 2.05) is 0 Å². The number of hydrogen-bond donors (Lipinski definition) is 1. The Bertz CT molecular complexity index is 1220. The van der Waals surface area contributed by atoms with Crippen LogP contribution >= 0.6 is 34.5 Å². The molecule has 2 aromatic carbocycles. The largest absolute Gasteiger partial charge is 0.319 e. The summed E-state index contributed by atoms with van der Waals surface area (Å²) in [7, 11) is 0. The van der Waals surface area contributed by atoms with Crippen LogP contribution in [-0.4, -0.2) is 16.8 Å². The predicted octanol–water partition coefficient (Wildman–Crippen LogP) is 5.82. The quantitative estimate of drug-likeness (QED) is 0.372. The molecule has 31 heavy (non-hydrogen) atoms. The molecule has 0 atom stereocenters. The number of thiazole rings is 1. The molecule has 0 saturated heterocycles. The zero-order chi connectivity index (χ0) is 22.5. The maximum absolute atomic E-state index is 14.2. The van der Waals surface area contributed by atoms with Crippen LogP contribution in [0.25, 0.3) is 6.08 Å². The van der Waals surface area contributed by atoms with Gasteiger partial charge in [-0.3, -0.25) is 14.5 Å². The smallest absolute Gasteiger partial charge is 0.266 e. The molecule has 0 saturated carbocycles. The van der Waals surface area contributed by atoms with Crippen LogP contribution in [0.3, 0.4) is 0 Å². The lowest BCUT2D eigenvalue weighted by molar-refractivity contribution is -0.116. The molecule has 0 aliphatic heterocycles. The second kappa shape index (κ2) is 9.71. The highest BCUT2D eigenvalue weighted by Gasteiger charge is 2.21. The van der Waals surface area contributed by atoms with E-state index in [1.165, 1.54) is 31.2 Å². The number of benzene rings is 2. The lowest BCUT2D eigenvalue weighted by atomic mass is 10.2. The highest BCUT2D eigenvalue weighted by atomic mass is 35.5. The lowest BCUT2D eigenvalue weighted by Gasteiger charge is -2.18. The van der Waals surface area contributed by atoms with Gasteiger partial charge in [-0.2, -0.15) is 5.26 Å². The summed E-state index contributed by atoms with van der Waals surface area (Å²) in [5.74, 6) is -1.76. The number of halogens is 3. The normalized spacial score (nSPS) is 11.0. The molecule has 0 spiro atoms. The second-order valence-electron chi connectivity index (χ2n) is 6.08. The van der Waals surface area contributed by atoms with Crippen molar-refractivity contribution in [3.63, 3.8) is 0 Å².